The van der Waals surface area contributed by atoms with Gasteiger partial charge in [0, 0.05) is 23.7 Å². The molecule has 1 aliphatic heterocycles. The van der Waals surface area contributed by atoms with Crippen LogP contribution in [0.3, 0.4) is 0 Å². The minimum atomic E-state index is -2.45. The van der Waals surface area contributed by atoms with E-state index in [0.29, 0.717) is 28.7 Å². The van der Waals surface area contributed by atoms with Crippen LogP contribution in [0.5, 0.6) is 0 Å². The van der Waals surface area contributed by atoms with Crippen LogP contribution in [0, 0.1) is 0 Å². The Hall–Kier alpha value is -1.54. The standard InChI is InChI=1S/C13H14ClF2N3O2S/c14-8-2-1-3-9(12(8)22-7-10(15)16)18-6-11(20)19-5-4-17-13(19)21/h1-3,10,18H,4-7H2,(H,17,21). The monoisotopic (exact) mass is 349 g/mol. The van der Waals surface area contributed by atoms with Crippen LogP contribution in [0.4, 0.5) is 19.3 Å². The molecule has 1 aromatic rings. The zero-order chi connectivity index (χ0) is 16.1. The number of anilines is 1. The number of hydrogen-bond acceptors (Lipinski definition) is 4. The summed E-state index contributed by atoms with van der Waals surface area (Å²) < 4.78 is 24.7. The second kappa shape index (κ2) is 7.64. The molecule has 120 valence electrons. The van der Waals surface area contributed by atoms with Gasteiger partial charge in [-0.05, 0) is 12.1 Å². The molecule has 1 aliphatic rings. The van der Waals surface area contributed by atoms with Crippen molar-refractivity contribution in [3.05, 3.63) is 23.2 Å². The molecule has 9 heteroatoms. The third kappa shape index (κ3) is 4.23. The van der Waals surface area contributed by atoms with Crippen molar-refractivity contribution in [2.75, 3.05) is 30.7 Å². The Bertz CT molecular complexity index is 574. The summed E-state index contributed by atoms with van der Waals surface area (Å²) in [5.41, 5.74) is 0.492. The Kier molecular flexibility index (Phi) is 5.84. The molecule has 0 spiro atoms. The van der Waals surface area contributed by atoms with Gasteiger partial charge in [-0.15, -0.1) is 11.8 Å². The summed E-state index contributed by atoms with van der Waals surface area (Å²) in [7, 11) is 0. The SMILES string of the molecule is O=C(CNc1cccc(Cl)c1SCC(F)F)N1CCNC1=O. The van der Waals surface area contributed by atoms with Gasteiger partial charge in [-0.1, -0.05) is 17.7 Å². The van der Waals surface area contributed by atoms with E-state index in [9.17, 15) is 18.4 Å². The molecular formula is C13H14ClF2N3O2S. The van der Waals surface area contributed by atoms with E-state index in [0.717, 1.165) is 16.7 Å². The van der Waals surface area contributed by atoms with Gasteiger partial charge in [-0.3, -0.25) is 9.69 Å². The van der Waals surface area contributed by atoms with Gasteiger partial charge in [-0.2, -0.15) is 0 Å². The topological polar surface area (TPSA) is 61.4 Å². The minimum Gasteiger partial charge on any atom is -0.375 e. The number of benzene rings is 1. The first kappa shape index (κ1) is 16.8. The van der Waals surface area contributed by atoms with Crippen LogP contribution in [-0.2, 0) is 4.79 Å². The number of nitrogens with one attached hydrogen (secondary N) is 2. The predicted octanol–water partition coefficient (Wildman–Crippen LogP) is 2.66. The van der Waals surface area contributed by atoms with Gasteiger partial charge in [0.1, 0.15) is 0 Å². The zero-order valence-corrected chi connectivity index (χ0v) is 13.0. The Morgan fingerprint density at radius 3 is 2.91 bits per heavy atom. The Labute approximate surface area is 135 Å². The summed E-state index contributed by atoms with van der Waals surface area (Å²) in [5, 5.41) is 5.72. The maximum atomic E-state index is 12.4. The average molecular weight is 350 g/mol. The molecule has 1 aromatic carbocycles. The summed E-state index contributed by atoms with van der Waals surface area (Å²) in [6, 6.07) is 4.47. The van der Waals surface area contributed by atoms with E-state index in [2.05, 4.69) is 10.6 Å². The quantitative estimate of drug-likeness (QED) is 0.775. The number of nitrogens with zero attached hydrogens (tertiary/aromatic N) is 1. The first-order valence-electron chi connectivity index (χ1n) is 6.50. The highest BCUT2D eigenvalue weighted by Gasteiger charge is 2.25. The highest BCUT2D eigenvalue weighted by molar-refractivity contribution is 7.99. The first-order chi connectivity index (χ1) is 10.5. The van der Waals surface area contributed by atoms with Gasteiger partial charge in [-0.25, -0.2) is 13.6 Å². The maximum Gasteiger partial charge on any atom is 0.324 e. The van der Waals surface area contributed by atoms with E-state index in [-0.39, 0.29) is 18.2 Å². The van der Waals surface area contributed by atoms with Gasteiger partial charge < -0.3 is 10.6 Å². The van der Waals surface area contributed by atoms with Crippen LogP contribution in [-0.4, -0.2) is 48.7 Å². The molecule has 0 saturated carbocycles. The molecule has 0 aromatic heterocycles. The molecule has 5 nitrogen and oxygen atoms in total. The fourth-order valence-corrected chi connectivity index (χ4v) is 3.05. The van der Waals surface area contributed by atoms with Crippen molar-refractivity contribution in [2.45, 2.75) is 11.3 Å². The van der Waals surface area contributed by atoms with Crippen LogP contribution in [0.2, 0.25) is 5.02 Å². The van der Waals surface area contributed by atoms with Crippen molar-refractivity contribution in [1.29, 1.82) is 0 Å². The van der Waals surface area contributed by atoms with E-state index < -0.39 is 12.5 Å². The molecule has 3 amide bonds. The largest absolute Gasteiger partial charge is 0.375 e. The molecule has 1 saturated heterocycles. The van der Waals surface area contributed by atoms with Crippen LogP contribution in [0.1, 0.15) is 0 Å². The third-order valence-corrected chi connectivity index (χ3v) is 4.48. The number of halogens is 3. The lowest BCUT2D eigenvalue weighted by Gasteiger charge is -2.16. The van der Waals surface area contributed by atoms with Crippen molar-refractivity contribution in [3.8, 4) is 0 Å². The highest BCUT2D eigenvalue weighted by Crippen LogP contribution is 2.35. The average Bonchev–Trinajstić information content (AvgIpc) is 2.89. The van der Waals surface area contributed by atoms with Gasteiger partial charge in [0.15, 0.2) is 0 Å². The highest BCUT2D eigenvalue weighted by atomic mass is 35.5. The van der Waals surface area contributed by atoms with E-state index in [1.54, 1.807) is 18.2 Å². The summed E-state index contributed by atoms with van der Waals surface area (Å²) >= 11 is 6.93. The van der Waals surface area contributed by atoms with E-state index in [1.807, 2.05) is 0 Å². The van der Waals surface area contributed by atoms with Gasteiger partial charge in [0.2, 0.25) is 12.3 Å². The number of urea groups is 1. The van der Waals surface area contributed by atoms with E-state index in [4.69, 9.17) is 11.6 Å². The smallest absolute Gasteiger partial charge is 0.324 e. The molecule has 0 unspecified atom stereocenters. The molecule has 0 atom stereocenters. The lowest BCUT2D eigenvalue weighted by Crippen LogP contribution is -2.38. The van der Waals surface area contributed by atoms with Gasteiger partial charge >= 0.3 is 6.03 Å². The number of thioether (sulfide) groups is 1. The number of rotatable bonds is 6. The third-order valence-electron chi connectivity index (χ3n) is 2.91. The fourth-order valence-electron chi connectivity index (χ4n) is 1.92. The van der Waals surface area contributed by atoms with Crippen LogP contribution >= 0.6 is 23.4 Å². The van der Waals surface area contributed by atoms with Crippen LogP contribution < -0.4 is 10.6 Å². The van der Waals surface area contributed by atoms with Gasteiger partial charge in [0.25, 0.3) is 0 Å². The molecule has 1 fully saturated rings. The number of amides is 3. The second-order valence-corrected chi connectivity index (χ2v) is 5.89. The molecule has 0 bridgehead atoms. The van der Waals surface area contributed by atoms with Crippen molar-refractivity contribution in [2.24, 2.45) is 0 Å². The molecule has 1 heterocycles. The number of imide groups is 1. The van der Waals surface area contributed by atoms with Crippen molar-refractivity contribution in [1.82, 2.24) is 10.2 Å². The van der Waals surface area contributed by atoms with E-state index in [1.165, 1.54) is 0 Å². The van der Waals surface area contributed by atoms with Crippen molar-refractivity contribution >= 4 is 41.0 Å². The molecule has 22 heavy (non-hydrogen) atoms. The predicted molar refractivity (Wildman–Crippen MR) is 81.8 cm³/mol. The Balaban J connectivity index is 2.01. The molecule has 2 rings (SSSR count). The molecule has 2 N–H and O–H groups in total. The maximum absolute atomic E-state index is 12.4. The summed E-state index contributed by atoms with van der Waals surface area (Å²) in [6.07, 6.45) is -2.45. The fraction of sp³-hybridized carbons (Fsp3) is 0.385. The summed E-state index contributed by atoms with van der Waals surface area (Å²) in [4.78, 5) is 24.9. The number of alkyl halides is 2. The molecule has 0 radical (unpaired) electrons. The zero-order valence-electron chi connectivity index (χ0n) is 11.4. The van der Waals surface area contributed by atoms with Crippen molar-refractivity contribution < 1.29 is 18.4 Å². The van der Waals surface area contributed by atoms with Gasteiger partial charge in [0.05, 0.1) is 17.3 Å². The number of hydrogen-bond donors (Lipinski definition) is 2. The molecule has 0 aliphatic carbocycles. The summed E-state index contributed by atoms with van der Waals surface area (Å²) in [6.45, 7) is 0.634. The summed E-state index contributed by atoms with van der Waals surface area (Å²) in [5.74, 6) is -0.777. The number of carbonyl (C=O) groups excluding carboxylic acids is 2. The van der Waals surface area contributed by atoms with Crippen molar-refractivity contribution in [3.63, 3.8) is 0 Å². The first-order valence-corrected chi connectivity index (χ1v) is 7.87. The Morgan fingerprint density at radius 2 is 2.27 bits per heavy atom. The van der Waals surface area contributed by atoms with E-state index >= 15 is 0 Å². The lowest BCUT2D eigenvalue weighted by atomic mass is 10.3. The molecular weight excluding hydrogens is 336 g/mol. The lowest BCUT2D eigenvalue weighted by molar-refractivity contribution is -0.125. The number of carbonyl (C=O) groups is 2. The minimum absolute atomic E-state index is 0.115. The van der Waals surface area contributed by atoms with Crippen LogP contribution in [0.25, 0.3) is 0 Å². The normalized spacial score (nSPS) is 14.4. The Morgan fingerprint density at radius 1 is 1.50 bits per heavy atom. The second-order valence-electron chi connectivity index (χ2n) is 4.45. The van der Waals surface area contributed by atoms with Crippen LogP contribution in [0.15, 0.2) is 23.1 Å².